The third-order valence-corrected chi connectivity index (χ3v) is 1.17. The van der Waals surface area contributed by atoms with Gasteiger partial charge < -0.3 is 20.4 Å². The molecule has 4 nitrogen and oxygen atoms in total. The van der Waals surface area contributed by atoms with Gasteiger partial charge in [0.2, 0.25) is 0 Å². The van der Waals surface area contributed by atoms with Crippen molar-refractivity contribution >= 4 is 0 Å². The molecule has 0 rings (SSSR count). The van der Waals surface area contributed by atoms with Gasteiger partial charge in [0.05, 0.1) is 0 Å². The Hall–Kier alpha value is -0.160. The summed E-state index contributed by atoms with van der Waals surface area (Å²) in [5.74, 6) is 0. The minimum absolute atomic E-state index is 0.298. The van der Waals surface area contributed by atoms with Crippen LogP contribution in [0.15, 0.2) is 0 Å². The Morgan fingerprint density at radius 3 is 1.20 bits per heavy atom. The maximum atomic E-state index is 8.35. The summed E-state index contributed by atoms with van der Waals surface area (Å²) in [6, 6.07) is 0. The summed E-state index contributed by atoms with van der Waals surface area (Å²) >= 11 is 0. The van der Waals surface area contributed by atoms with E-state index in [9.17, 15) is 0 Å². The van der Waals surface area contributed by atoms with Crippen LogP contribution >= 0.6 is 0 Å². The molecule has 0 radical (unpaired) electrons. The lowest BCUT2D eigenvalue weighted by Gasteiger charge is -2.03. The fourth-order valence-electron chi connectivity index (χ4n) is 0.654. The van der Waals surface area contributed by atoms with E-state index in [4.69, 9.17) is 20.4 Å². The second-order valence-corrected chi connectivity index (χ2v) is 2.25. The van der Waals surface area contributed by atoms with Gasteiger partial charge in [-0.25, -0.2) is 0 Å². The van der Waals surface area contributed by atoms with Crippen molar-refractivity contribution < 1.29 is 20.4 Å². The zero-order valence-electron chi connectivity index (χ0n) is 5.77. The van der Waals surface area contributed by atoms with E-state index in [1.165, 1.54) is 0 Å². The molecule has 0 aliphatic carbocycles. The van der Waals surface area contributed by atoms with Crippen LogP contribution in [0.5, 0.6) is 0 Å². The maximum Gasteiger partial charge on any atom is 0.151 e. The number of unbranched alkanes of at least 4 members (excludes halogenated alkanes) is 1. The Bertz CT molecular complexity index is 62.1. The summed E-state index contributed by atoms with van der Waals surface area (Å²) in [7, 11) is 0. The Morgan fingerprint density at radius 1 is 0.700 bits per heavy atom. The highest BCUT2D eigenvalue weighted by molar-refractivity contribution is 4.44. The van der Waals surface area contributed by atoms with Crippen molar-refractivity contribution in [1.82, 2.24) is 0 Å². The van der Waals surface area contributed by atoms with Crippen LogP contribution in [0.2, 0.25) is 0 Å². The van der Waals surface area contributed by atoms with Gasteiger partial charge in [-0.1, -0.05) is 0 Å². The van der Waals surface area contributed by atoms with E-state index >= 15 is 0 Å². The quantitative estimate of drug-likeness (QED) is 0.304. The molecule has 0 atom stereocenters. The molecule has 0 bridgehead atoms. The zero-order valence-corrected chi connectivity index (χ0v) is 5.77. The predicted octanol–water partition coefficient (Wildman–Crippen LogP) is -0.832. The van der Waals surface area contributed by atoms with Gasteiger partial charge in [-0.3, -0.25) is 0 Å². The minimum Gasteiger partial charge on any atom is -0.368 e. The van der Waals surface area contributed by atoms with E-state index in [1.807, 2.05) is 0 Å². The maximum absolute atomic E-state index is 8.35. The topological polar surface area (TPSA) is 80.9 Å². The standard InChI is InChI=1S/C6H14O4/c7-5(8)3-1-2-4-6(9)10/h5-10H,1-4H2. The Kier molecular flexibility index (Phi) is 5.52. The summed E-state index contributed by atoms with van der Waals surface area (Å²) in [6.07, 6.45) is -0.726. The predicted molar refractivity (Wildman–Crippen MR) is 34.9 cm³/mol. The molecule has 0 aliphatic rings. The van der Waals surface area contributed by atoms with Crippen LogP contribution in [0.1, 0.15) is 25.7 Å². The highest BCUT2D eigenvalue weighted by Crippen LogP contribution is 2.03. The molecule has 0 heterocycles. The van der Waals surface area contributed by atoms with Crippen molar-refractivity contribution in [1.29, 1.82) is 0 Å². The van der Waals surface area contributed by atoms with E-state index in [1.54, 1.807) is 0 Å². The van der Waals surface area contributed by atoms with Gasteiger partial charge in [-0.2, -0.15) is 0 Å². The van der Waals surface area contributed by atoms with Crippen LogP contribution in [-0.2, 0) is 0 Å². The van der Waals surface area contributed by atoms with Crippen LogP contribution in [0, 0.1) is 0 Å². The summed E-state index contributed by atoms with van der Waals surface area (Å²) in [6.45, 7) is 0. The number of aliphatic hydroxyl groups excluding tert-OH is 2. The highest BCUT2D eigenvalue weighted by atomic mass is 16.5. The molecule has 0 aromatic rings. The van der Waals surface area contributed by atoms with Gasteiger partial charge in [0.25, 0.3) is 0 Å². The van der Waals surface area contributed by atoms with E-state index in [0.29, 0.717) is 25.7 Å². The zero-order chi connectivity index (χ0) is 7.98. The fourth-order valence-corrected chi connectivity index (χ4v) is 0.654. The normalized spacial score (nSPS) is 11.4. The molecule has 4 heteroatoms. The molecule has 62 valence electrons. The summed E-state index contributed by atoms with van der Waals surface area (Å²) in [5, 5.41) is 33.4. The lowest BCUT2D eigenvalue weighted by atomic mass is 10.2. The molecule has 0 fully saturated rings. The van der Waals surface area contributed by atoms with Gasteiger partial charge in [0.1, 0.15) is 0 Å². The van der Waals surface area contributed by atoms with Crippen molar-refractivity contribution in [2.75, 3.05) is 0 Å². The van der Waals surface area contributed by atoms with Crippen LogP contribution in [-0.4, -0.2) is 33.0 Å². The second-order valence-electron chi connectivity index (χ2n) is 2.25. The minimum atomic E-state index is -1.27. The van der Waals surface area contributed by atoms with Crippen LogP contribution in [0.25, 0.3) is 0 Å². The molecule has 0 saturated heterocycles. The van der Waals surface area contributed by atoms with Crippen molar-refractivity contribution in [3.63, 3.8) is 0 Å². The summed E-state index contributed by atoms with van der Waals surface area (Å²) < 4.78 is 0. The van der Waals surface area contributed by atoms with E-state index in [0.717, 1.165) is 0 Å². The van der Waals surface area contributed by atoms with Crippen molar-refractivity contribution in [2.45, 2.75) is 38.3 Å². The molecule has 0 aliphatic heterocycles. The average molecular weight is 150 g/mol. The molecule has 4 N–H and O–H groups in total. The molecular weight excluding hydrogens is 136 g/mol. The number of hydrogen-bond acceptors (Lipinski definition) is 4. The molecule has 10 heavy (non-hydrogen) atoms. The molecule has 0 amide bonds. The number of aliphatic hydroxyl groups is 4. The smallest absolute Gasteiger partial charge is 0.151 e. The number of hydrogen-bond donors (Lipinski definition) is 4. The lowest BCUT2D eigenvalue weighted by molar-refractivity contribution is -0.0574. The molecular formula is C6H14O4. The first kappa shape index (κ1) is 9.84. The van der Waals surface area contributed by atoms with Crippen LogP contribution in [0.4, 0.5) is 0 Å². The van der Waals surface area contributed by atoms with Crippen LogP contribution < -0.4 is 0 Å². The summed E-state index contributed by atoms with van der Waals surface area (Å²) in [5.41, 5.74) is 0. The van der Waals surface area contributed by atoms with E-state index < -0.39 is 12.6 Å². The van der Waals surface area contributed by atoms with Crippen molar-refractivity contribution in [3.05, 3.63) is 0 Å². The third kappa shape index (κ3) is 7.84. The second kappa shape index (κ2) is 5.61. The molecule has 0 aromatic carbocycles. The molecule has 0 spiro atoms. The molecule has 0 unspecified atom stereocenters. The molecule has 0 saturated carbocycles. The Balaban J connectivity index is 2.91. The van der Waals surface area contributed by atoms with Crippen LogP contribution in [0.3, 0.4) is 0 Å². The molecule has 0 aromatic heterocycles. The lowest BCUT2D eigenvalue weighted by Crippen LogP contribution is -2.06. The third-order valence-electron chi connectivity index (χ3n) is 1.17. The van der Waals surface area contributed by atoms with Gasteiger partial charge in [0, 0.05) is 0 Å². The van der Waals surface area contributed by atoms with Gasteiger partial charge in [-0.05, 0) is 25.7 Å². The largest absolute Gasteiger partial charge is 0.368 e. The first-order valence-electron chi connectivity index (χ1n) is 3.35. The van der Waals surface area contributed by atoms with Crippen molar-refractivity contribution in [3.8, 4) is 0 Å². The van der Waals surface area contributed by atoms with E-state index in [2.05, 4.69) is 0 Å². The first-order chi connectivity index (χ1) is 4.63. The fraction of sp³-hybridized carbons (Fsp3) is 1.00. The Labute approximate surface area is 59.7 Å². The van der Waals surface area contributed by atoms with Crippen molar-refractivity contribution in [2.24, 2.45) is 0 Å². The van der Waals surface area contributed by atoms with E-state index in [-0.39, 0.29) is 0 Å². The van der Waals surface area contributed by atoms with Gasteiger partial charge in [-0.15, -0.1) is 0 Å². The van der Waals surface area contributed by atoms with Gasteiger partial charge in [0.15, 0.2) is 12.6 Å². The first-order valence-corrected chi connectivity index (χ1v) is 3.35. The monoisotopic (exact) mass is 150 g/mol. The summed E-state index contributed by atoms with van der Waals surface area (Å²) in [4.78, 5) is 0. The SMILES string of the molecule is OC(O)CCCCC(O)O. The average Bonchev–Trinajstić information content (AvgIpc) is 1.79. The number of rotatable bonds is 5. The highest BCUT2D eigenvalue weighted by Gasteiger charge is 1.99. The van der Waals surface area contributed by atoms with Gasteiger partial charge >= 0.3 is 0 Å². The Morgan fingerprint density at radius 2 is 1.00 bits per heavy atom.